The topological polar surface area (TPSA) is 82.1 Å². The fourth-order valence-electron chi connectivity index (χ4n) is 3.41. The van der Waals surface area contributed by atoms with Crippen molar-refractivity contribution >= 4 is 11.9 Å². The standard InChI is InChI=1S/C16H22O6/c1-3-12(17)21-10-15-6-5-7-16(14(15)19,9-20-8-15)11-22-13(18)4-2/h3-4,14,19H,1-2,5-11H2. The number of hydrogen-bond acceptors (Lipinski definition) is 6. The molecule has 1 heterocycles. The normalized spacial score (nSPS) is 33.6. The van der Waals surface area contributed by atoms with Gasteiger partial charge in [-0.1, -0.05) is 19.6 Å². The number of aliphatic hydroxyl groups is 1. The predicted octanol–water partition coefficient (Wildman–Crippen LogP) is 0.993. The van der Waals surface area contributed by atoms with Crippen molar-refractivity contribution in [1.82, 2.24) is 0 Å². The third kappa shape index (κ3) is 3.08. The van der Waals surface area contributed by atoms with Crippen LogP contribution in [0.4, 0.5) is 0 Å². The summed E-state index contributed by atoms with van der Waals surface area (Å²) in [4.78, 5) is 22.6. The molecule has 2 atom stereocenters. The van der Waals surface area contributed by atoms with Crippen molar-refractivity contribution in [2.24, 2.45) is 10.8 Å². The highest BCUT2D eigenvalue weighted by Gasteiger charge is 2.57. The summed E-state index contributed by atoms with van der Waals surface area (Å²) >= 11 is 0. The van der Waals surface area contributed by atoms with Gasteiger partial charge in [-0.3, -0.25) is 0 Å². The molecule has 0 amide bonds. The van der Waals surface area contributed by atoms with Crippen LogP contribution in [0.2, 0.25) is 0 Å². The molecule has 1 aliphatic carbocycles. The van der Waals surface area contributed by atoms with E-state index in [0.717, 1.165) is 18.6 Å². The first-order chi connectivity index (χ1) is 10.5. The second-order valence-corrected chi connectivity index (χ2v) is 6.10. The molecule has 1 N–H and O–H groups in total. The second-order valence-electron chi connectivity index (χ2n) is 6.10. The highest BCUT2D eigenvalue weighted by atomic mass is 16.5. The Morgan fingerprint density at radius 2 is 1.55 bits per heavy atom. The van der Waals surface area contributed by atoms with Crippen molar-refractivity contribution in [3.8, 4) is 0 Å². The Morgan fingerprint density at radius 1 is 1.09 bits per heavy atom. The molecular weight excluding hydrogens is 288 g/mol. The molecule has 2 aliphatic rings. The molecule has 0 spiro atoms. The molecule has 2 rings (SSSR count). The summed E-state index contributed by atoms with van der Waals surface area (Å²) in [5, 5.41) is 10.8. The lowest BCUT2D eigenvalue weighted by Crippen LogP contribution is -2.62. The highest BCUT2D eigenvalue weighted by molar-refractivity contribution is 5.81. The zero-order valence-corrected chi connectivity index (χ0v) is 12.6. The van der Waals surface area contributed by atoms with Crippen molar-refractivity contribution in [2.75, 3.05) is 26.4 Å². The van der Waals surface area contributed by atoms with Crippen LogP contribution in [0.3, 0.4) is 0 Å². The van der Waals surface area contributed by atoms with Gasteiger partial charge in [0.05, 0.1) is 30.1 Å². The molecule has 0 aromatic heterocycles. The Morgan fingerprint density at radius 3 is 1.95 bits per heavy atom. The maximum absolute atomic E-state index is 11.3. The number of hydrogen-bond donors (Lipinski definition) is 1. The summed E-state index contributed by atoms with van der Waals surface area (Å²) in [5.74, 6) is -1.05. The van der Waals surface area contributed by atoms with Crippen molar-refractivity contribution in [2.45, 2.75) is 25.4 Å². The Bertz CT molecular complexity index is 419. The second kappa shape index (κ2) is 6.62. The van der Waals surface area contributed by atoms with Crippen LogP contribution in [0.1, 0.15) is 19.3 Å². The van der Waals surface area contributed by atoms with Crippen molar-refractivity contribution in [1.29, 1.82) is 0 Å². The molecule has 6 nitrogen and oxygen atoms in total. The van der Waals surface area contributed by atoms with Gasteiger partial charge in [-0.2, -0.15) is 0 Å². The van der Waals surface area contributed by atoms with E-state index in [-0.39, 0.29) is 13.2 Å². The van der Waals surface area contributed by atoms with E-state index in [9.17, 15) is 14.7 Å². The first-order valence-electron chi connectivity index (χ1n) is 7.32. The summed E-state index contributed by atoms with van der Waals surface area (Å²) in [6.45, 7) is 7.48. The van der Waals surface area contributed by atoms with E-state index in [1.165, 1.54) is 0 Å². The fourth-order valence-corrected chi connectivity index (χ4v) is 3.41. The minimum atomic E-state index is -0.766. The van der Waals surface area contributed by atoms with E-state index in [0.29, 0.717) is 26.1 Å². The van der Waals surface area contributed by atoms with E-state index in [2.05, 4.69) is 13.2 Å². The summed E-state index contributed by atoms with van der Waals surface area (Å²) in [7, 11) is 0. The van der Waals surface area contributed by atoms with Gasteiger partial charge in [-0.15, -0.1) is 0 Å². The van der Waals surface area contributed by atoms with E-state index in [1.54, 1.807) is 0 Å². The van der Waals surface area contributed by atoms with Gasteiger partial charge in [-0.25, -0.2) is 9.59 Å². The molecule has 2 bridgehead atoms. The van der Waals surface area contributed by atoms with Crippen molar-refractivity contribution in [3.05, 3.63) is 25.3 Å². The number of rotatable bonds is 6. The smallest absolute Gasteiger partial charge is 0.330 e. The number of carbonyl (C=O) groups excluding carboxylic acids is 2. The SMILES string of the molecule is C=CC(=O)OCC12CCCC(COC(=O)C=C)(COC1)C2O. The average Bonchev–Trinajstić information content (AvgIpc) is 2.52. The lowest BCUT2D eigenvalue weighted by Gasteiger charge is -2.54. The van der Waals surface area contributed by atoms with Crippen LogP contribution in [-0.4, -0.2) is 49.6 Å². The number of carbonyl (C=O) groups is 2. The molecule has 1 aliphatic heterocycles. The molecular formula is C16H22O6. The van der Waals surface area contributed by atoms with Crippen LogP contribution in [0, 0.1) is 10.8 Å². The van der Waals surface area contributed by atoms with Crippen LogP contribution in [-0.2, 0) is 23.8 Å². The lowest BCUT2D eigenvalue weighted by molar-refractivity contribution is -0.236. The third-order valence-electron chi connectivity index (χ3n) is 4.63. The first kappa shape index (κ1) is 16.7. The van der Waals surface area contributed by atoms with Gasteiger partial charge in [0.25, 0.3) is 0 Å². The van der Waals surface area contributed by atoms with Crippen LogP contribution in [0.25, 0.3) is 0 Å². The first-order valence-corrected chi connectivity index (χ1v) is 7.32. The van der Waals surface area contributed by atoms with Gasteiger partial charge in [-0.05, 0) is 12.8 Å². The van der Waals surface area contributed by atoms with E-state index in [4.69, 9.17) is 14.2 Å². The lowest BCUT2D eigenvalue weighted by atomic mass is 9.59. The van der Waals surface area contributed by atoms with Crippen molar-refractivity contribution < 1.29 is 28.9 Å². The number of fused-ring (bicyclic) bond motifs is 2. The van der Waals surface area contributed by atoms with Crippen LogP contribution in [0.5, 0.6) is 0 Å². The molecule has 1 saturated carbocycles. The molecule has 0 aromatic rings. The molecule has 1 saturated heterocycles. The summed E-state index contributed by atoms with van der Waals surface area (Å²) in [6, 6.07) is 0. The Balaban J connectivity index is 2.12. The Labute approximate surface area is 129 Å². The number of aliphatic hydroxyl groups excluding tert-OH is 1. The van der Waals surface area contributed by atoms with Gasteiger partial charge >= 0.3 is 11.9 Å². The molecule has 6 heteroatoms. The summed E-state index contributed by atoms with van der Waals surface area (Å²) in [6.07, 6.45) is 3.64. The molecule has 0 radical (unpaired) electrons. The average molecular weight is 310 g/mol. The van der Waals surface area contributed by atoms with Gasteiger partial charge in [0, 0.05) is 12.2 Å². The van der Waals surface area contributed by atoms with Gasteiger partial charge < -0.3 is 19.3 Å². The fraction of sp³-hybridized carbons (Fsp3) is 0.625. The Hall–Kier alpha value is -1.66. The predicted molar refractivity (Wildman–Crippen MR) is 77.9 cm³/mol. The van der Waals surface area contributed by atoms with Crippen LogP contribution >= 0.6 is 0 Å². The van der Waals surface area contributed by atoms with Crippen molar-refractivity contribution in [3.63, 3.8) is 0 Å². The minimum Gasteiger partial charge on any atom is -0.462 e. The maximum Gasteiger partial charge on any atom is 0.330 e. The van der Waals surface area contributed by atoms with E-state index >= 15 is 0 Å². The largest absolute Gasteiger partial charge is 0.462 e. The minimum absolute atomic E-state index is 0.0656. The maximum atomic E-state index is 11.3. The van der Waals surface area contributed by atoms with Gasteiger partial charge in [0.2, 0.25) is 0 Å². The quantitative estimate of drug-likeness (QED) is 0.582. The van der Waals surface area contributed by atoms with Crippen LogP contribution in [0.15, 0.2) is 25.3 Å². The molecule has 2 fully saturated rings. The molecule has 0 aromatic carbocycles. The molecule has 2 unspecified atom stereocenters. The third-order valence-corrected chi connectivity index (χ3v) is 4.63. The molecule has 122 valence electrons. The zero-order chi connectivity index (χ0) is 16.2. The summed E-state index contributed by atoms with van der Waals surface area (Å²) in [5.41, 5.74) is -1.31. The molecule has 22 heavy (non-hydrogen) atoms. The van der Waals surface area contributed by atoms with Gasteiger partial charge in [0.1, 0.15) is 13.2 Å². The van der Waals surface area contributed by atoms with Gasteiger partial charge in [0.15, 0.2) is 0 Å². The highest BCUT2D eigenvalue weighted by Crippen LogP contribution is 2.50. The Kier molecular flexibility index (Phi) is 5.03. The number of ether oxygens (including phenoxy) is 3. The van der Waals surface area contributed by atoms with E-state index < -0.39 is 28.9 Å². The van der Waals surface area contributed by atoms with Crippen LogP contribution < -0.4 is 0 Å². The monoisotopic (exact) mass is 310 g/mol. The number of esters is 2. The summed E-state index contributed by atoms with van der Waals surface area (Å²) < 4.78 is 15.9. The zero-order valence-electron chi connectivity index (χ0n) is 12.6. The van der Waals surface area contributed by atoms with E-state index in [1.807, 2.05) is 0 Å².